The van der Waals surface area contributed by atoms with Crippen LogP contribution < -0.4 is 5.73 Å². The van der Waals surface area contributed by atoms with Gasteiger partial charge in [0.15, 0.2) is 4.90 Å². The second-order valence-electron chi connectivity index (χ2n) is 5.83. The fourth-order valence-corrected chi connectivity index (χ4v) is 3.34. The Morgan fingerprint density at radius 1 is 1.27 bits per heavy atom. The normalized spacial score (nSPS) is 12.1. The summed E-state index contributed by atoms with van der Waals surface area (Å²) in [5.41, 5.74) is 9.50. The highest BCUT2D eigenvalue weighted by Gasteiger charge is 2.15. The van der Waals surface area contributed by atoms with Crippen LogP contribution in [0.5, 0.6) is 0 Å². The van der Waals surface area contributed by atoms with E-state index in [9.17, 15) is 14.5 Å². The molecule has 0 spiro atoms. The summed E-state index contributed by atoms with van der Waals surface area (Å²) in [6.45, 7) is 0.364. The van der Waals surface area contributed by atoms with E-state index >= 15 is 0 Å². The summed E-state index contributed by atoms with van der Waals surface area (Å²) in [5.74, 6) is -0.983. The maximum atomic E-state index is 11.7. The van der Waals surface area contributed by atoms with Crippen LogP contribution in [-0.2, 0) is 17.6 Å². The quantitative estimate of drug-likeness (QED) is 0.578. The monoisotopic (exact) mass is 369 g/mol. The number of H-pyrrole nitrogens is 1. The minimum atomic E-state index is -1.07. The van der Waals surface area contributed by atoms with Crippen molar-refractivity contribution in [2.45, 2.75) is 11.3 Å². The lowest BCUT2D eigenvalue weighted by molar-refractivity contribution is 0.0696. The van der Waals surface area contributed by atoms with E-state index in [1.807, 2.05) is 36.4 Å². The Labute approximate surface area is 154 Å². The average molecular weight is 369 g/mol. The number of pyridine rings is 1. The maximum Gasteiger partial charge on any atom is 0.337 e. The standard InChI is InChI=1S/C19H19N3O3S/c1-26(25)14-4-2-3-12(9-14)17-10-13(6-8-21-17)18-11-15(19(23)24)16(22-18)5-7-20/h2-4,6,8-11,22H,5,7,20H2,1H3,(H,23,24). The van der Waals surface area contributed by atoms with Gasteiger partial charge < -0.3 is 20.4 Å². The minimum absolute atomic E-state index is 0.229. The summed E-state index contributed by atoms with van der Waals surface area (Å²) in [6.07, 6.45) is 3.77. The zero-order valence-corrected chi connectivity index (χ0v) is 15.0. The first-order valence-electron chi connectivity index (χ1n) is 8.05. The molecule has 0 bridgehead atoms. The lowest BCUT2D eigenvalue weighted by Gasteiger charge is -2.07. The van der Waals surface area contributed by atoms with Gasteiger partial charge in [-0.15, -0.1) is 0 Å². The summed E-state index contributed by atoms with van der Waals surface area (Å²) < 4.78 is 11.7. The molecule has 0 amide bonds. The topological polar surface area (TPSA) is 115 Å². The number of nitrogens with zero attached hydrogens (tertiary/aromatic N) is 1. The number of carboxylic acid groups (broad SMARTS) is 1. The van der Waals surface area contributed by atoms with Crippen molar-refractivity contribution >= 4 is 17.1 Å². The van der Waals surface area contributed by atoms with Crippen molar-refractivity contribution in [2.75, 3.05) is 12.8 Å². The number of carbonyl (C=O) groups is 1. The molecule has 0 radical (unpaired) electrons. The van der Waals surface area contributed by atoms with Gasteiger partial charge >= 0.3 is 5.97 Å². The van der Waals surface area contributed by atoms with Gasteiger partial charge in [0.05, 0.1) is 11.3 Å². The molecule has 3 rings (SSSR count). The molecule has 0 saturated carbocycles. The van der Waals surface area contributed by atoms with Crippen molar-refractivity contribution in [3.63, 3.8) is 0 Å². The van der Waals surface area contributed by atoms with Crippen LogP contribution in [0, 0.1) is 0 Å². The molecule has 1 atom stereocenters. The number of hydrogen-bond acceptors (Lipinski definition) is 4. The van der Waals surface area contributed by atoms with Gasteiger partial charge in [0.2, 0.25) is 0 Å². The summed E-state index contributed by atoms with van der Waals surface area (Å²) in [7, 11) is 0. The molecule has 1 aromatic carbocycles. The van der Waals surface area contributed by atoms with Crippen molar-refractivity contribution < 1.29 is 14.5 Å². The highest BCUT2D eigenvalue weighted by atomic mass is 32.2. The van der Waals surface area contributed by atoms with Crippen LogP contribution >= 0.6 is 0 Å². The van der Waals surface area contributed by atoms with E-state index in [1.54, 1.807) is 18.5 Å². The third kappa shape index (κ3) is 3.80. The van der Waals surface area contributed by atoms with Gasteiger partial charge in [-0.3, -0.25) is 4.98 Å². The number of aromatic amines is 1. The van der Waals surface area contributed by atoms with Gasteiger partial charge in [-0.05, 0) is 42.0 Å². The number of benzene rings is 1. The summed E-state index contributed by atoms with van der Waals surface area (Å²) in [4.78, 5) is 19.7. The first-order chi connectivity index (χ1) is 12.5. The van der Waals surface area contributed by atoms with Crippen molar-refractivity contribution in [3.8, 4) is 22.5 Å². The van der Waals surface area contributed by atoms with E-state index in [-0.39, 0.29) is 5.56 Å². The van der Waals surface area contributed by atoms with Crippen LogP contribution in [0.2, 0.25) is 0 Å². The third-order valence-corrected chi connectivity index (χ3v) is 4.97. The highest BCUT2D eigenvalue weighted by Crippen LogP contribution is 2.27. The Kier molecular flexibility index (Phi) is 5.41. The molecule has 134 valence electrons. The molecule has 2 heterocycles. The van der Waals surface area contributed by atoms with Crippen LogP contribution in [0.1, 0.15) is 16.1 Å². The Hall–Kier alpha value is -2.61. The Morgan fingerprint density at radius 2 is 2.08 bits per heavy atom. The molecule has 0 fully saturated rings. The molecule has 26 heavy (non-hydrogen) atoms. The number of carboxylic acids is 1. The smallest absolute Gasteiger partial charge is 0.337 e. The zero-order chi connectivity index (χ0) is 18.7. The Bertz CT molecular complexity index is 937. The van der Waals surface area contributed by atoms with Crippen LogP contribution in [0.3, 0.4) is 0 Å². The molecule has 2 aromatic heterocycles. The van der Waals surface area contributed by atoms with Crippen LogP contribution in [0.15, 0.2) is 53.6 Å². The molecule has 7 heteroatoms. The second-order valence-corrected chi connectivity index (χ2v) is 7.21. The summed E-state index contributed by atoms with van der Waals surface area (Å²) in [6, 6.07) is 12.7. The largest absolute Gasteiger partial charge is 0.612 e. The van der Waals surface area contributed by atoms with Gasteiger partial charge in [-0.1, -0.05) is 12.1 Å². The predicted molar refractivity (Wildman–Crippen MR) is 102 cm³/mol. The third-order valence-electron chi connectivity index (χ3n) is 4.06. The van der Waals surface area contributed by atoms with E-state index < -0.39 is 17.1 Å². The van der Waals surface area contributed by atoms with Crippen LogP contribution in [-0.4, -0.2) is 38.4 Å². The SMILES string of the molecule is C[S+]([O-])c1cccc(-c2cc(-c3cc(C(=O)O)c(CCN)[nH]3)ccn2)c1. The number of nitrogens with two attached hydrogens (primary N) is 1. The number of hydrogen-bond donors (Lipinski definition) is 3. The van der Waals surface area contributed by atoms with Crippen molar-refractivity contribution in [1.82, 2.24) is 9.97 Å². The number of aromatic carboxylic acids is 1. The molecule has 3 aromatic rings. The molecule has 0 aliphatic carbocycles. The Morgan fingerprint density at radius 3 is 2.77 bits per heavy atom. The fraction of sp³-hybridized carbons (Fsp3) is 0.158. The Balaban J connectivity index is 2.01. The summed E-state index contributed by atoms with van der Waals surface area (Å²) >= 11 is -1.07. The van der Waals surface area contributed by atoms with E-state index in [1.165, 1.54) is 0 Å². The molecule has 0 aliphatic heterocycles. The first-order valence-corrected chi connectivity index (χ1v) is 9.61. The molecule has 6 nitrogen and oxygen atoms in total. The van der Waals surface area contributed by atoms with Crippen molar-refractivity contribution in [3.05, 3.63) is 59.9 Å². The van der Waals surface area contributed by atoms with Gasteiger partial charge in [-0.2, -0.15) is 0 Å². The first kappa shape index (κ1) is 18.2. The molecule has 0 aliphatic rings. The minimum Gasteiger partial charge on any atom is -0.612 e. The van der Waals surface area contributed by atoms with Crippen molar-refractivity contribution in [2.24, 2.45) is 5.73 Å². The molecule has 1 unspecified atom stereocenters. The number of rotatable bonds is 6. The highest BCUT2D eigenvalue weighted by molar-refractivity contribution is 7.90. The zero-order valence-electron chi connectivity index (χ0n) is 14.2. The fourth-order valence-electron chi connectivity index (χ4n) is 2.78. The lowest BCUT2D eigenvalue weighted by atomic mass is 10.1. The predicted octanol–water partition coefficient (Wildman–Crippen LogP) is 2.68. The van der Waals surface area contributed by atoms with Crippen LogP contribution in [0.25, 0.3) is 22.5 Å². The second kappa shape index (κ2) is 7.74. The van der Waals surface area contributed by atoms with Gasteiger partial charge in [0.25, 0.3) is 0 Å². The number of aromatic nitrogens is 2. The van der Waals surface area contributed by atoms with Gasteiger partial charge in [-0.25, -0.2) is 4.79 Å². The average Bonchev–Trinajstić information content (AvgIpc) is 3.07. The van der Waals surface area contributed by atoms with Gasteiger partial charge in [0, 0.05) is 41.2 Å². The molecule has 0 saturated heterocycles. The summed E-state index contributed by atoms with van der Waals surface area (Å²) in [5, 5.41) is 9.37. The van der Waals surface area contributed by atoms with E-state index in [0.29, 0.717) is 24.4 Å². The number of nitrogens with one attached hydrogen (secondary N) is 1. The molecule has 4 N–H and O–H groups in total. The lowest BCUT2D eigenvalue weighted by Crippen LogP contribution is -2.07. The van der Waals surface area contributed by atoms with Crippen LogP contribution in [0.4, 0.5) is 0 Å². The van der Waals surface area contributed by atoms with Crippen molar-refractivity contribution in [1.29, 1.82) is 0 Å². The van der Waals surface area contributed by atoms with E-state index in [0.717, 1.165) is 21.7 Å². The van der Waals surface area contributed by atoms with E-state index in [2.05, 4.69) is 9.97 Å². The molecular formula is C19H19N3O3S. The van der Waals surface area contributed by atoms with E-state index in [4.69, 9.17) is 5.73 Å². The van der Waals surface area contributed by atoms with Gasteiger partial charge in [0.1, 0.15) is 6.26 Å². The maximum absolute atomic E-state index is 11.7. The molecular weight excluding hydrogens is 350 g/mol.